The highest BCUT2D eigenvalue weighted by Crippen LogP contribution is 2.22. The number of Topliss-reactive ketones (excluding diaryl/α,β-unsaturated/α-hetero) is 1. The number of carbonyl (C=O) groups is 2. The van der Waals surface area contributed by atoms with Crippen molar-refractivity contribution in [3.8, 4) is 5.75 Å². The van der Waals surface area contributed by atoms with Gasteiger partial charge in [-0.1, -0.05) is 17.7 Å². The van der Waals surface area contributed by atoms with Crippen molar-refractivity contribution in [3.63, 3.8) is 0 Å². The van der Waals surface area contributed by atoms with E-state index < -0.39 is 0 Å². The summed E-state index contributed by atoms with van der Waals surface area (Å²) in [6.45, 7) is 4.63. The summed E-state index contributed by atoms with van der Waals surface area (Å²) in [5.41, 5.74) is 1.79. The molecule has 1 fully saturated rings. The predicted octanol–water partition coefficient (Wildman–Crippen LogP) is 2.16. The number of nitrogens with one attached hydrogen (secondary N) is 1. The number of carbonyl (C=O) groups excluding carboxylic acids is 2. The van der Waals surface area contributed by atoms with Crippen LogP contribution in [0.4, 0.5) is 4.39 Å². The zero-order valence-electron chi connectivity index (χ0n) is 16.6. The summed E-state index contributed by atoms with van der Waals surface area (Å²) in [6, 6.07) is 9.86. The quantitative estimate of drug-likeness (QED) is 0.730. The molecule has 0 bridgehead atoms. The van der Waals surface area contributed by atoms with Crippen LogP contribution in [0, 0.1) is 5.82 Å². The standard InChI is InChI=1S/C22H24ClFN2O3/c1-15(27)16-6-7-21(29-2)17(12-16)13-22(28)26-10-8-25(9-11-26)14-18-19(23)4-3-5-20(18)24/h3-7,12H,8-11,13-14H2,1-2H3/p+1. The SMILES string of the molecule is COc1ccc(C(C)=O)cc1CC(=O)N1CC[NH+](Cc2c(F)cccc2Cl)CC1. The molecule has 154 valence electrons. The Morgan fingerprint density at radius 2 is 1.93 bits per heavy atom. The minimum Gasteiger partial charge on any atom is -0.496 e. The van der Waals surface area contributed by atoms with Crippen LogP contribution < -0.4 is 9.64 Å². The maximum atomic E-state index is 14.0. The van der Waals surface area contributed by atoms with Crippen molar-refractivity contribution in [1.82, 2.24) is 4.90 Å². The lowest BCUT2D eigenvalue weighted by molar-refractivity contribution is -0.917. The van der Waals surface area contributed by atoms with Gasteiger partial charge in [0.05, 0.1) is 50.3 Å². The zero-order chi connectivity index (χ0) is 21.0. The van der Waals surface area contributed by atoms with Gasteiger partial charge >= 0.3 is 0 Å². The van der Waals surface area contributed by atoms with Gasteiger partial charge in [-0.15, -0.1) is 0 Å². The Morgan fingerprint density at radius 3 is 2.55 bits per heavy atom. The molecule has 29 heavy (non-hydrogen) atoms. The molecule has 7 heteroatoms. The molecule has 2 aromatic rings. The lowest BCUT2D eigenvalue weighted by Crippen LogP contribution is -3.13. The molecule has 0 aliphatic carbocycles. The molecular weight excluding hydrogens is 395 g/mol. The van der Waals surface area contributed by atoms with Crippen molar-refractivity contribution in [2.24, 2.45) is 0 Å². The molecule has 1 amide bonds. The summed E-state index contributed by atoms with van der Waals surface area (Å²) >= 11 is 6.13. The smallest absolute Gasteiger partial charge is 0.227 e. The number of nitrogens with zero attached hydrogens (tertiary/aromatic N) is 1. The maximum Gasteiger partial charge on any atom is 0.227 e. The number of benzene rings is 2. The summed E-state index contributed by atoms with van der Waals surface area (Å²) in [4.78, 5) is 27.4. The van der Waals surface area contributed by atoms with E-state index in [9.17, 15) is 14.0 Å². The van der Waals surface area contributed by atoms with Gasteiger partial charge in [-0.3, -0.25) is 9.59 Å². The largest absolute Gasteiger partial charge is 0.496 e. The number of halogens is 2. The van der Waals surface area contributed by atoms with Crippen molar-refractivity contribution < 1.29 is 23.6 Å². The summed E-state index contributed by atoms with van der Waals surface area (Å²) in [5.74, 6) is 0.250. The van der Waals surface area contributed by atoms with Gasteiger partial charge in [0, 0.05) is 11.1 Å². The van der Waals surface area contributed by atoms with Crippen molar-refractivity contribution in [2.75, 3.05) is 33.3 Å². The Morgan fingerprint density at radius 1 is 1.21 bits per heavy atom. The van der Waals surface area contributed by atoms with Crippen LogP contribution in [0.15, 0.2) is 36.4 Å². The number of rotatable bonds is 6. The van der Waals surface area contributed by atoms with E-state index in [0.717, 1.165) is 13.1 Å². The first kappa shape index (κ1) is 21.3. The Hall–Kier alpha value is -2.44. The van der Waals surface area contributed by atoms with Gasteiger partial charge in [0.1, 0.15) is 18.1 Å². The van der Waals surface area contributed by atoms with Crippen LogP contribution in [0.1, 0.15) is 28.4 Å². The topological polar surface area (TPSA) is 51.1 Å². The molecule has 1 N–H and O–H groups in total. The van der Waals surface area contributed by atoms with Gasteiger partial charge in [-0.05, 0) is 37.3 Å². The average Bonchev–Trinajstić information content (AvgIpc) is 2.71. The van der Waals surface area contributed by atoms with Crippen molar-refractivity contribution in [2.45, 2.75) is 19.9 Å². The first-order valence-electron chi connectivity index (χ1n) is 9.61. The highest BCUT2D eigenvalue weighted by molar-refractivity contribution is 6.31. The number of methoxy groups -OCH3 is 1. The number of amides is 1. The van der Waals surface area contributed by atoms with E-state index in [2.05, 4.69) is 0 Å². The van der Waals surface area contributed by atoms with Gasteiger partial charge in [0.15, 0.2) is 5.78 Å². The van der Waals surface area contributed by atoms with E-state index >= 15 is 0 Å². The molecule has 1 aliphatic rings. The zero-order valence-corrected chi connectivity index (χ0v) is 17.4. The van der Waals surface area contributed by atoms with Crippen LogP contribution in [0.25, 0.3) is 0 Å². The van der Waals surface area contributed by atoms with E-state index in [1.807, 2.05) is 4.90 Å². The lowest BCUT2D eigenvalue weighted by atomic mass is 10.0. The highest BCUT2D eigenvalue weighted by atomic mass is 35.5. The molecular formula is C22H25ClFN2O3+. The van der Waals surface area contributed by atoms with Gasteiger partial charge in [-0.2, -0.15) is 0 Å². The Bertz CT molecular complexity index is 891. The summed E-state index contributed by atoms with van der Waals surface area (Å²) in [7, 11) is 1.55. The van der Waals surface area contributed by atoms with Gasteiger partial charge in [0.25, 0.3) is 0 Å². The van der Waals surface area contributed by atoms with Gasteiger partial charge < -0.3 is 14.5 Å². The molecule has 1 saturated heterocycles. The van der Waals surface area contributed by atoms with E-state index in [1.54, 1.807) is 37.4 Å². The van der Waals surface area contributed by atoms with Crippen molar-refractivity contribution in [3.05, 3.63) is 63.9 Å². The summed E-state index contributed by atoms with van der Waals surface area (Å²) in [6.07, 6.45) is 0.179. The molecule has 0 saturated carbocycles. The number of hydrogen-bond acceptors (Lipinski definition) is 3. The molecule has 0 aromatic heterocycles. The second-order valence-electron chi connectivity index (χ2n) is 7.27. The number of ether oxygens (including phenoxy) is 1. The summed E-state index contributed by atoms with van der Waals surface area (Å²) in [5, 5.41) is 0.438. The molecule has 0 atom stereocenters. The van der Waals surface area contributed by atoms with E-state index in [0.29, 0.717) is 47.1 Å². The number of piperazine rings is 1. The fourth-order valence-corrected chi connectivity index (χ4v) is 3.84. The maximum absolute atomic E-state index is 14.0. The second kappa shape index (κ2) is 9.37. The van der Waals surface area contributed by atoms with Crippen LogP contribution >= 0.6 is 11.6 Å². The number of hydrogen-bond donors (Lipinski definition) is 1. The predicted molar refractivity (Wildman–Crippen MR) is 109 cm³/mol. The molecule has 3 rings (SSSR count). The minimum absolute atomic E-state index is 0.00743. The highest BCUT2D eigenvalue weighted by Gasteiger charge is 2.26. The molecule has 0 unspecified atom stereocenters. The molecule has 1 aliphatic heterocycles. The molecule has 0 radical (unpaired) electrons. The monoisotopic (exact) mass is 419 g/mol. The van der Waals surface area contributed by atoms with Crippen LogP contribution in [0.5, 0.6) is 5.75 Å². The number of ketones is 1. The molecule has 1 heterocycles. The van der Waals surface area contributed by atoms with Gasteiger partial charge in [0.2, 0.25) is 5.91 Å². The first-order valence-corrected chi connectivity index (χ1v) is 9.99. The van der Waals surface area contributed by atoms with E-state index in [1.165, 1.54) is 17.9 Å². The molecule has 2 aromatic carbocycles. The third-order valence-electron chi connectivity index (χ3n) is 5.34. The van der Waals surface area contributed by atoms with E-state index in [-0.39, 0.29) is 23.9 Å². The van der Waals surface area contributed by atoms with Crippen LogP contribution in [-0.4, -0.2) is 49.9 Å². The van der Waals surface area contributed by atoms with Crippen LogP contribution in [0.3, 0.4) is 0 Å². The Balaban J connectivity index is 1.61. The summed E-state index contributed by atoms with van der Waals surface area (Å²) < 4.78 is 19.4. The Kier molecular flexibility index (Phi) is 6.87. The fraction of sp³-hybridized carbons (Fsp3) is 0.364. The van der Waals surface area contributed by atoms with Crippen LogP contribution in [0.2, 0.25) is 5.02 Å². The van der Waals surface area contributed by atoms with Crippen molar-refractivity contribution >= 4 is 23.3 Å². The fourth-order valence-electron chi connectivity index (χ4n) is 3.61. The second-order valence-corrected chi connectivity index (χ2v) is 7.67. The third kappa shape index (κ3) is 5.14. The van der Waals surface area contributed by atoms with Crippen molar-refractivity contribution in [1.29, 1.82) is 0 Å². The number of quaternary nitrogens is 1. The van der Waals surface area contributed by atoms with E-state index in [4.69, 9.17) is 16.3 Å². The first-order chi connectivity index (χ1) is 13.9. The minimum atomic E-state index is -0.291. The third-order valence-corrected chi connectivity index (χ3v) is 5.69. The Labute approximate surface area is 175 Å². The average molecular weight is 420 g/mol. The molecule has 5 nitrogen and oxygen atoms in total. The van der Waals surface area contributed by atoms with Gasteiger partial charge in [-0.25, -0.2) is 4.39 Å². The van der Waals surface area contributed by atoms with Crippen LogP contribution in [-0.2, 0) is 17.8 Å². The molecule has 0 spiro atoms. The normalized spacial score (nSPS) is 14.7. The lowest BCUT2D eigenvalue weighted by Gasteiger charge is -2.32.